The highest BCUT2D eigenvalue weighted by Crippen LogP contribution is 2.19. The molecule has 0 amide bonds. The molecule has 0 aliphatic carbocycles. The zero-order valence-corrected chi connectivity index (χ0v) is 9.81. The summed E-state index contributed by atoms with van der Waals surface area (Å²) in [7, 11) is -4.32. The summed E-state index contributed by atoms with van der Waals surface area (Å²) in [4.78, 5) is 0. The first-order chi connectivity index (χ1) is 6.39. The van der Waals surface area contributed by atoms with Crippen LogP contribution in [-0.2, 0) is 21.0 Å². The standard InChI is InChI=1S/C7H16N2O3S2/c1-14(11,12)9-4-2-7(3-5-9)6-13(8)10/h7H,2-6,8H2,1H3. The van der Waals surface area contributed by atoms with Crippen LogP contribution >= 0.6 is 0 Å². The van der Waals surface area contributed by atoms with Crippen molar-refractivity contribution in [1.82, 2.24) is 4.31 Å². The minimum atomic E-state index is -3.05. The molecule has 1 fully saturated rings. The van der Waals surface area contributed by atoms with Crippen LogP contribution in [-0.4, -0.2) is 42.0 Å². The van der Waals surface area contributed by atoms with Crippen LogP contribution in [0.4, 0.5) is 0 Å². The number of piperidine rings is 1. The largest absolute Gasteiger partial charge is 0.252 e. The maximum atomic E-state index is 11.2. The molecule has 1 heterocycles. The average Bonchev–Trinajstić information content (AvgIpc) is 2.02. The third-order valence-corrected chi connectivity index (χ3v) is 4.55. The number of hydrogen-bond donors (Lipinski definition) is 1. The third kappa shape index (κ3) is 3.64. The van der Waals surface area contributed by atoms with E-state index in [2.05, 4.69) is 0 Å². The Hall–Kier alpha value is 0.0200. The van der Waals surface area contributed by atoms with E-state index in [4.69, 9.17) is 5.14 Å². The smallest absolute Gasteiger partial charge is 0.211 e. The maximum absolute atomic E-state index is 11.2. The summed E-state index contributed by atoms with van der Waals surface area (Å²) >= 11 is 0. The lowest BCUT2D eigenvalue weighted by Gasteiger charge is -2.29. The SMILES string of the molecule is CS(=O)(=O)N1CCC(CS(N)=O)CC1. The second kappa shape index (κ2) is 4.69. The van der Waals surface area contributed by atoms with Crippen molar-refractivity contribution in [2.24, 2.45) is 11.1 Å². The lowest BCUT2D eigenvalue weighted by Crippen LogP contribution is -2.39. The van der Waals surface area contributed by atoms with Crippen molar-refractivity contribution in [2.45, 2.75) is 12.8 Å². The Morgan fingerprint density at radius 3 is 2.29 bits per heavy atom. The van der Waals surface area contributed by atoms with Crippen LogP contribution in [0, 0.1) is 5.92 Å². The van der Waals surface area contributed by atoms with Crippen molar-refractivity contribution < 1.29 is 12.6 Å². The molecule has 0 aromatic heterocycles. The summed E-state index contributed by atoms with van der Waals surface area (Å²) < 4.78 is 34.5. The number of sulfonamides is 1. The molecule has 0 aromatic rings. The van der Waals surface area contributed by atoms with Gasteiger partial charge in [-0.15, -0.1) is 0 Å². The van der Waals surface area contributed by atoms with Crippen molar-refractivity contribution in [3.63, 3.8) is 0 Å². The summed E-state index contributed by atoms with van der Waals surface area (Å²) in [6, 6.07) is 0. The van der Waals surface area contributed by atoms with Gasteiger partial charge in [-0.05, 0) is 18.8 Å². The van der Waals surface area contributed by atoms with Crippen LogP contribution in [0.1, 0.15) is 12.8 Å². The fraction of sp³-hybridized carbons (Fsp3) is 1.00. The van der Waals surface area contributed by atoms with Gasteiger partial charge in [-0.3, -0.25) is 5.14 Å². The predicted octanol–water partition coefficient (Wildman–Crippen LogP) is -0.720. The summed E-state index contributed by atoms with van der Waals surface area (Å²) in [6.07, 6.45) is 2.74. The Morgan fingerprint density at radius 1 is 1.43 bits per heavy atom. The van der Waals surface area contributed by atoms with Gasteiger partial charge < -0.3 is 0 Å². The molecular formula is C7H16N2O3S2. The Balaban J connectivity index is 2.43. The van der Waals surface area contributed by atoms with Crippen molar-refractivity contribution in [1.29, 1.82) is 0 Å². The molecule has 2 N–H and O–H groups in total. The van der Waals surface area contributed by atoms with E-state index in [0.717, 1.165) is 12.8 Å². The molecule has 0 aromatic carbocycles. The molecule has 7 heteroatoms. The van der Waals surface area contributed by atoms with E-state index < -0.39 is 21.0 Å². The van der Waals surface area contributed by atoms with Crippen LogP contribution in [0.25, 0.3) is 0 Å². The lowest BCUT2D eigenvalue weighted by atomic mass is 10.0. The van der Waals surface area contributed by atoms with Gasteiger partial charge in [0.25, 0.3) is 0 Å². The molecule has 0 saturated carbocycles. The van der Waals surface area contributed by atoms with Gasteiger partial charge in [0, 0.05) is 18.8 Å². The highest BCUT2D eigenvalue weighted by Gasteiger charge is 2.25. The summed E-state index contributed by atoms with van der Waals surface area (Å²) in [5.74, 6) is 0.788. The monoisotopic (exact) mass is 240 g/mol. The summed E-state index contributed by atoms with van der Waals surface area (Å²) in [6.45, 7) is 1.06. The molecule has 0 bridgehead atoms. The minimum Gasteiger partial charge on any atom is -0.252 e. The van der Waals surface area contributed by atoms with Crippen molar-refractivity contribution >= 4 is 21.0 Å². The molecule has 1 unspecified atom stereocenters. The van der Waals surface area contributed by atoms with E-state index >= 15 is 0 Å². The zero-order chi connectivity index (χ0) is 10.8. The van der Waals surface area contributed by atoms with E-state index in [-0.39, 0.29) is 0 Å². The Bertz CT molecular complexity index is 307. The average molecular weight is 240 g/mol. The Labute approximate surface area is 87.3 Å². The Morgan fingerprint density at radius 2 is 1.93 bits per heavy atom. The second-order valence-corrected chi connectivity index (χ2v) is 6.73. The van der Waals surface area contributed by atoms with Gasteiger partial charge in [0.15, 0.2) is 0 Å². The number of nitrogens with two attached hydrogens (primary N) is 1. The zero-order valence-electron chi connectivity index (χ0n) is 8.18. The molecule has 1 saturated heterocycles. The topological polar surface area (TPSA) is 80.5 Å². The first-order valence-electron chi connectivity index (χ1n) is 4.47. The van der Waals surface area contributed by atoms with E-state index in [1.165, 1.54) is 10.6 Å². The van der Waals surface area contributed by atoms with Crippen molar-refractivity contribution in [2.75, 3.05) is 25.1 Å². The molecule has 1 rings (SSSR count). The molecule has 1 atom stereocenters. The van der Waals surface area contributed by atoms with Gasteiger partial charge in [0.05, 0.1) is 17.2 Å². The second-order valence-electron chi connectivity index (χ2n) is 3.65. The van der Waals surface area contributed by atoms with Gasteiger partial charge in [-0.1, -0.05) is 0 Å². The summed E-state index contributed by atoms with van der Waals surface area (Å²) in [5.41, 5.74) is 0. The highest BCUT2D eigenvalue weighted by molar-refractivity contribution is 7.88. The van der Waals surface area contributed by atoms with E-state index in [1.54, 1.807) is 0 Å². The minimum absolute atomic E-state index is 0.304. The van der Waals surface area contributed by atoms with Gasteiger partial charge >= 0.3 is 0 Å². The van der Waals surface area contributed by atoms with Crippen LogP contribution in [0.2, 0.25) is 0 Å². The molecule has 1 aliphatic rings. The normalized spacial score (nSPS) is 23.6. The van der Waals surface area contributed by atoms with E-state index in [9.17, 15) is 12.6 Å². The van der Waals surface area contributed by atoms with Gasteiger partial charge in [0.1, 0.15) is 0 Å². The summed E-state index contributed by atoms with van der Waals surface area (Å²) in [5, 5.41) is 5.18. The van der Waals surface area contributed by atoms with Crippen LogP contribution in [0.15, 0.2) is 0 Å². The van der Waals surface area contributed by atoms with Gasteiger partial charge in [0.2, 0.25) is 10.0 Å². The highest BCUT2D eigenvalue weighted by atomic mass is 32.2. The van der Waals surface area contributed by atoms with E-state index in [1.807, 2.05) is 0 Å². The first-order valence-corrected chi connectivity index (χ1v) is 7.70. The molecule has 0 radical (unpaired) electrons. The first kappa shape index (κ1) is 12.1. The van der Waals surface area contributed by atoms with Gasteiger partial charge in [-0.25, -0.2) is 16.9 Å². The molecule has 5 nitrogen and oxygen atoms in total. The van der Waals surface area contributed by atoms with Crippen molar-refractivity contribution in [3.05, 3.63) is 0 Å². The third-order valence-electron chi connectivity index (χ3n) is 2.44. The quantitative estimate of drug-likeness (QED) is 0.707. The molecule has 14 heavy (non-hydrogen) atoms. The fourth-order valence-corrected chi connectivity index (χ4v) is 3.31. The molecule has 1 aliphatic heterocycles. The molecule has 0 spiro atoms. The predicted molar refractivity (Wildman–Crippen MR) is 56.3 cm³/mol. The van der Waals surface area contributed by atoms with Crippen LogP contribution in [0.5, 0.6) is 0 Å². The fourth-order valence-electron chi connectivity index (χ4n) is 1.64. The number of rotatable bonds is 3. The lowest BCUT2D eigenvalue weighted by molar-refractivity contribution is 0.291. The maximum Gasteiger partial charge on any atom is 0.211 e. The number of hydrogen-bond acceptors (Lipinski definition) is 3. The molecule has 84 valence electrons. The van der Waals surface area contributed by atoms with Crippen LogP contribution < -0.4 is 5.14 Å². The molecular weight excluding hydrogens is 224 g/mol. The Kier molecular flexibility index (Phi) is 4.05. The van der Waals surface area contributed by atoms with E-state index in [0.29, 0.717) is 24.8 Å². The van der Waals surface area contributed by atoms with Gasteiger partial charge in [-0.2, -0.15) is 0 Å². The van der Waals surface area contributed by atoms with Crippen LogP contribution in [0.3, 0.4) is 0 Å². The van der Waals surface area contributed by atoms with Crippen molar-refractivity contribution in [3.8, 4) is 0 Å². The number of nitrogens with zero attached hydrogens (tertiary/aromatic N) is 1.